The van der Waals surface area contributed by atoms with Gasteiger partial charge in [0.15, 0.2) is 0 Å². The Hall–Kier alpha value is -3.54. The number of hydrogen-bond acceptors (Lipinski definition) is 4. The third-order valence-corrected chi connectivity index (χ3v) is 4.65. The molecule has 0 fully saturated rings. The SMILES string of the molecule is COc1cc(Cn2cc(C(=O)Nc3cc(C)ccc3C)ccc2=O)cc(OC)c1. The summed E-state index contributed by atoms with van der Waals surface area (Å²) in [6, 6.07) is 14.2. The van der Waals surface area contributed by atoms with E-state index in [4.69, 9.17) is 9.47 Å². The summed E-state index contributed by atoms with van der Waals surface area (Å²) in [6.45, 7) is 4.20. The maximum absolute atomic E-state index is 12.7. The van der Waals surface area contributed by atoms with Crippen LogP contribution in [-0.2, 0) is 6.54 Å². The minimum atomic E-state index is -0.268. The van der Waals surface area contributed by atoms with Crippen LogP contribution >= 0.6 is 0 Å². The predicted octanol–water partition coefficient (Wildman–Crippen LogP) is 3.78. The van der Waals surface area contributed by atoms with Gasteiger partial charge in [0.05, 0.1) is 26.3 Å². The minimum Gasteiger partial charge on any atom is -0.497 e. The molecule has 0 saturated heterocycles. The van der Waals surface area contributed by atoms with Crippen LogP contribution in [0.1, 0.15) is 27.0 Å². The summed E-state index contributed by atoms with van der Waals surface area (Å²) in [6.07, 6.45) is 1.56. The van der Waals surface area contributed by atoms with Crippen LogP contribution in [0.4, 0.5) is 5.69 Å². The van der Waals surface area contributed by atoms with Crippen molar-refractivity contribution in [2.75, 3.05) is 19.5 Å². The summed E-state index contributed by atoms with van der Waals surface area (Å²) in [5.41, 5.74) is 3.82. The number of benzene rings is 2. The average molecular weight is 392 g/mol. The molecule has 0 aliphatic rings. The van der Waals surface area contributed by atoms with Crippen LogP contribution in [0.15, 0.2) is 59.5 Å². The summed E-state index contributed by atoms with van der Waals surface area (Å²) in [5.74, 6) is 1.00. The second-order valence-corrected chi connectivity index (χ2v) is 6.88. The number of pyridine rings is 1. The molecule has 29 heavy (non-hydrogen) atoms. The Morgan fingerprint density at radius 2 is 1.66 bits per heavy atom. The first kappa shape index (κ1) is 20.2. The number of aryl methyl sites for hydroxylation is 2. The van der Waals surface area contributed by atoms with E-state index in [2.05, 4.69) is 5.32 Å². The van der Waals surface area contributed by atoms with E-state index in [1.54, 1.807) is 26.5 Å². The van der Waals surface area contributed by atoms with Gasteiger partial charge in [-0.2, -0.15) is 0 Å². The fourth-order valence-corrected chi connectivity index (χ4v) is 3.01. The van der Waals surface area contributed by atoms with E-state index in [-0.39, 0.29) is 18.0 Å². The number of rotatable bonds is 6. The van der Waals surface area contributed by atoms with Gasteiger partial charge in [0.2, 0.25) is 0 Å². The fraction of sp³-hybridized carbons (Fsp3) is 0.217. The summed E-state index contributed by atoms with van der Waals surface area (Å²) in [7, 11) is 3.14. The van der Waals surface area contributed by atoms with Gasteiger partial charge in [-0.3, -0.25) is 9.59 Å². The van der Waals surface area contributed by atoms with Crippen molar-refractivity contribution in [3.63, 3.8) is 0 Å². The number of hydrogen-bond donors (Lipinski definition) is 1. The molecule has 1 N–H and O–H groups in total. The molecule has 1 heterocycles. The number of nitrogens with zero attached hydrogens (tertiary/aromatic N) is 1. The van der Waals surface area contributed by atoms with Crippen molar-refractivity contribution < 1.29 is 14.3 Å². The van der Waals surface area contributed by atoms with Crippen LogP contribution < -0.4 is 20.3 Å². The Labute approximate surface area is 169 Å². The number of methoxy groups -OCH3 is 2. The second-order valence-electron chi connectivity index (χ2n) is 6.88. The average Bonchev–Trinajstić information content (AvgIpc) is 2.71. The Morgan fingerprint density at radius 3 is 2.31 bits per heavy atom. The lowest BCUT2D eigenvalue weighted by molar-refractivity contribution is 0.102. The van der Waals surface area contributed by atoms with E-state index < -0.39 is 0 Å². The van der Waals surface area contributed by atoms with Crippen molar-refractivity contribution in [1.82, 2.24) is 4.57 Å². The summed E-state index contributed by atoms with van der Waals surface area (Å²) in [5, 5.41) is 2.92. The van der Waals surface area contributed by atoms with E-state index >= 15 is 0 Å². The quantitative estimate of drug-likeness (QED) is 0.693. The van der Waals surface area contributed by atoms with E-state index in [1.807, 2.05) is 44.2 Å². The monoisotopic (exact) mass is 392 g/mol. The normalized spacial score (nSPS) is 10.5. The molecule has 0 aliphatic heterocycles. The molecule has 0 aliphatic carbocycles. The number of aromatic nitrogens is 1. The molecule has 6 heteroatoms. The van der Waals surface area contributed by atoms with Gasteiger partial charge in [-0.25, -0.2) is 0 Å². The fourth-order valence-electron chi connectivity index (χ4n) is 3.01. The standard InChI is InChI=1S/C23H24N2O4/c1-15-5-6-16(2)21(9-15)24-23(27)18-7-8-22(26)25(14-18)13-17-10-19(28-3)12-20(11-17)29-4/h5-12,14H,13H2,1-4H3,(H,24,27). The Bertz CT molecular complexity index is 1080. The molecule has 3 rings (SSSR count). The van der Waals surface area contributed by atoms with Crippen LogP contribution in [0, 0.1) is 13.8 Å². The van der Waals surface area contributed by atoms with Gasteiger partial charge >= 0.3 is 0 Å². The number of amides is 1. The molecule has 150 valence electrons. The number of ether oxygens (including phenoxy) is 2. The molecule has 0 atom stereocenters. The van der Waals surface area contributed by atoms with Gasteiger partial charge in [-0.15, -0.1) is 0 Å². The molecule has 3 aromatic rings. The highest BCUT2D eigenvalue weighted by molar-refractivity contribution is 6.04. The van der Waals surface area contributed by atoms with Crippen LogP contribution in [0.5, 0.6) is 11.5 Å². The van der Waals surface area contributed by atoms with E-state index in [0.29, 0.717) is 17.1 Å². The van der Waals surface area contributed by atoms with Gasteiger partial charge < -0.3 is 19.4 Å². The molecule has 0 unspecified atom stereocenters. The molecule has 1 aromatic heterocycles. The van der Waals surface area contributed by atoms with Crippen molar-refractivity contribution in [2.24, 2.45) is 0 Å². The number of nitrogens with one attached hydrogen (secondary N) is 1. The zero-order chi connectivity index (χ0) is 21.0. The zero-order valence-corrected chi connectivity index (χ0v) is 17.0. The molecule has 0 bridgehead atoms. The van der Waals surface area contributed by atoms with Crippen molar-refractivity contribution in [1.29, 1.82) is 0 Å². The lowest BCUT2D eigenvalue weighted by atomic mass is 10.1. The molecule has 2 aromatic carbocycles. The van der Waals surface area contributed by atoms with Crippen LogP contribution in [-0.4, -0.2) is 24.7 Å². The predicted molar refractivity (Wildman–Crippen MR) is 113 cm³/mol. The first-order valence-corrected chi connectivity index (χ1v) is 9.20. The lowest BCUT2D eigenvalue weighted by Crippen LogP contribution is -2.22. The molecule has 0 spiro atoms. The molecular weight excluding hydrogens is 368 g/mol. The van der Waals surface area contributed by atoms with E-state index in [0.717, 1.165) is 22.4 Å². The van der Waals surface area contributed by atoms with Gasteiger partial charge in [-0.05, 0) is 54.8 Å². The van der Waals surface area contributed by atoms with Crippen LogP contribution in [0.25, 0.3) is 0 Å². The first-order chi connectivity index (χ1) is 13.9. The topological polar surface area (TPSA) is 69.6 Å². The van der Waals surface area contributed by atoms with Gasteiger partial charge in [-0.1, -0.05) is 12.1 Å². The third kappa shape index (κ3) is 4.85. The third-order valence-electron chi connectivity index (χ3n) is 4.65. The summed E-state index contributed by atoms with van der Waals surface area (Å²) in [4.78, 5) is 25.1. The van der Waals surface area contributed by atoms with Crippen molar-refractivity contribution >= 4 is 11.6 Å². The zero-order valence-electron chi connectivity index (χ0n) is 17.0. The molecule has 0 saturated carbocycles. The van der Waals surface area contributed by atoms with Gasteiger partial charge in [0.1, 0.15) is 11.5 Å². The maximum Gasteiger partial charge on any atom is 0.257 e. The van der Waals surface area contributed by atoms with Gasteiger partial charge in [0, 0.05) is 24.0 Å². The summed E-state index contributed by atoms with van der Waals surface area (Å²) >= 11 is 0. The molecule has 1 amide bonds. The minimum absolute atomic E-state index is 0.199. The molecule has 6 nitrogen and oxygen atoms in total. The molecular formula is C23H24N2O4. The lowest BCUT2D eigenvalue weighted by Gasteiger charge is -2.12. The van der Waals surface area contributed by atoms with Crippen LogP contribution in [0.3, 0.4) is 0 Å². The largest absolute Gasteiger partial charge is 0.497 e. The smallest absolute Gasteiger partial charge is 0.257 e. The highest BCUT2D eigenvalue weighted by atomic mass is 16.5. The Balaban J connectivity index is 1.87. The maximum atomic E-state index is 12.7. The first-order valence-electron chi connectivity index (χ1n) is 9.20. The number of anilines is 1. The highest BCUT2D eigenvalue weighted by Gasteiger charge is 2.11. The summed E-state index contributed by atoms with van der Waals surface area (Å²) < 4.78 is 12.1. The van der Waals surface area contributed by atoms with E-state index in [9.17, 15) is 9.59 Å². The Morgan fingerprint density at radius 1 is 0.966 bits per heavy atom. The Kier molecular flexibility index (Phi) is 6.02. The van der Waals surface area contributed by atoms with Crippen molar-refractivity contribution in [3.8, 4) is 11.5 Å². The van der Waals surface area contributed by atoms with Crippen molar-refractivity contribution in [2.45, 2.75) is 20.4 Å². The number of carbonyl (C=O) groups is 1. The number of carbonyl (C=O) groups excluding carboxylic acids is 1. The van der Waals surface area contributed by atoms with Crippen molar-refractivity contribution in [3.05, 3.63) is 87.3 Å². The molecule has 0 radical (unpaired) electrons. The van der Waals surface area contributed by atoms with Gasteiger partial charge in [0.25, 0.3) is 11.5 Å². The van der Waals surface area contributed by atoms with E-state index in [1.165, 1.54) is 16.7 Å². The van der Waals surface area contributed by atoms with Crippen LogP contribution in [0.2, 0.25) is 0 Å². The second kappa shape index (κ2) is 8.65. The highest BCUT2D eigenvalue weighted by Crippen LogP contribution is 2.23.